The molecule has 1 aromatic carbocycles. The number of nitrogens with one attached hydrogen (secondary N) is 1. The highest BCUT2D eigenvalue weighted by atomic mass is 19.1. The minimum atomic E-state index is -0.535. The Labute approximate surface area is 94.8 Å². The van der Waals surface area contributed by atoms with Crippen molar-refractivity contribution in [2.75, 3.05) is 5.32 Å². The average Bonchev–Trinajstić information content (AvgIpc) is 2.25. The summed E-state index contributed by atoms with van der Waals surface area (Å²) in [5.74, 6) is -0.600. The topological polar surface area (TPSA) is 55.1 Å². The molecule has 3 nitrogen and oxygen atoms in total. The summed E-state index contributed by atoms with van der Waals surface area (Å²) < 4.78 is 13.2. The lowest BCUT2D eigenvalue weighted by molar-refractivity contribution is -0.117. The number of carbonyl (C=O) groups excluding carboxylic acids is 1. The minimum absolute atomic E-state index is 0.268. The Bertz CT molecular complexity index is 379. The van der Waals surface area contributed by atoms with Crippen molar-refractivity contribution in [1.82, 2.24) is 0 Å². The third-order valence-electron chi connectivity index (χ3n) is 2.46. The summed E-state index contributed by atoms with van der Waals surface area (Å²) in [5, 5.41) is 2.63. The first kappa shape index (κ1) is 12.6. The van der Waals surface area contributed by atoms with Gasteiger partial charge in [0.2, 0.25) is 5.91 Å². The van der Waals surface area contributed by atoms with Crippen LogP contribution in [0.25, 0.3) is 0 Å². The van der Waals surface area contributed by atoms with E-state index < -0.39 is 6.04 Å². The zero-order valence-corrected chi connectivity index (χ0v) is 9.59. The molecule has 1 atom stereocenters. The molecule has 0 fully saturated rings. The Kier molecular flexibility index (Phi) is 4.43. The number of nitrogens with two attached hydrogens (primary N) is 1. The van der Waals surface area contributed by atoms with Crippen molar-refractivity contribution < 1.29 is 9.18 Å². The summed E-state index contributed by atoms with van der Waals surface area (Å²) in [6, 6.07) is 4.04. The normalized spacial score (nSPS) is 12.2. The van der Waals surface area contributed by atoms with E-state index in [4.69, 9.17) is 5.73 Å². The second-order valence-electron chi connectivity index (χ2n) is 3.80. The molecule has 3 N–H and O–H groups in total. The standard InChI is InChI=1S/C12H17FN2O/c1-3-5-10(14)12(16)15-11-7-4-6-9(13)8(11)2/h4,6-7,10H,3,5,14H2,1-2H3,(H,15,16)/t10-/m0/s1. The van der Waals surface area contributed by atoms with E-state index in [0.717, 1.165) is 6.42 Å². The van der Waals surface area contributed by atoms with Gasteiger partial charge in [-0.15, -0.1) is 0 Å². The summed E-state index contributed by atoms with van der Waals surface area (Å²) in [7, 11) is 0. The Morgan fingerprint density at radius 2 is 2.25 bits per heavy atom. The molecule has 0 bridgehead atoms. The number of amides is 1. The highest BCUT2D eigenvalue weighted by Crippen LogP contribution is 2.17. The number of halogens is 1. The van der Waals surface area contributed by atoms with Gasteiger partial charge in [-0.05, 0) is 25.5 Å². The molecule has 0 saturated heterocycles. The van der Waals surface area contributed by atoms with E-state index in [1.807, 2.05) is 6.92 Å². The molecule has 0 saturated carbocycles. The number of hydrogen-bond acceptors (Lipinski definition) is 2. The number of rotatable bonds is 4. The third kappa shape index (κ3) is 3.03. The van der Waals surface area contributed by atoms with Gasteiger partial charge < -0.3 is 11.1 Å². The fraction of sp³-hybridized carbons (Fsp3) is 0.417. The van der Waals surface area contributed by atoms with E-state index >= 15 is 0 Å². The highest BCUT2D eigenvalue weighted by Gasteiger charge is 2.13. The summed E-state index contributed by atoms with van der Waals surface area (Å²) >= 11 is 0. The van der Waals surface area contributed by atoms with Crippen LogP contribution in [0.2, 0.25) is 0 Å². The smallest absolute Gasteiger partial charge is 0.241 e. The Hall–Kier alpha value is -1.42. The lowest BCUT2D eigenvalue weighted by Gasteiger charge is -2.13. The molecule has 4 heteroatoms. The second-order valence-corrected chi connectivity index (χ2v) is 3.80. The van der Waals surface area contributed by atoms with Crippen LogP contribution in [0.4, 0.5) is 10.1 Å². The van der Waals surface area contributed by atoms with Crippen molar-refractivity contribution in [3.8, 4) is 0 Å². The molecule has 0 aliphatic carbocycles. The minimum Gasteiger partial charge on any atom is -0.324 e. The number of benzene rings is 1. The third-order valence-corrected chi connectivity index (χ3v) is 2.46. The van der Waals surface area contributed by atoms with Gasteiger partial charge in [-0.2, -0.15) is 0 Å². The molecular weight excluding hydrogens is 207 g/mol. The second kappa shape index (κ2) is 5.61. The van der Waals surface area contributed by atoms with Crippen molar-refractivity contribution in [1.29, 1.82) is 0 Å². The zero-order chi connectivity index (χ0) is 12.1. The maximum Gasteiger partial charge on any atom is 0.241 e. The molecule has 1 amide bonds. The Morgan fingerprint density at radius 3 is 2.88 bits per heavy atom. The van der Waals surface area contributed by atoms with Crippen LogP contribution in [-0.2, 0) is 4.79 Å². The predicted octanol–water partition coefficient (Wildman–Crippen LogP) is 2.20. The van der Waals surface area contributed by atoms with Gasteiger partial charge in [-0.3, -0.25) is 4.79 Å². The molecule has 0 heterocycles. The fourth-order valence-corrected chi connectivity index (χ4v) is 1.41. The van der Waals surface area contributed by atoms with Crippen LogP contribution >= 0.6 is 0 Å². The van der Waals surface area contributed by atoms with Crippen LogP contribution < -0.4 is 11.1 Å². The Balaban J connectivity index is 2.73. The fourth-order valence-electron chi connectivity index (χ4n) is 1.41. The maximum absolute atomic E-state index is 13.2. The monoisotopic (exact) mass is 224 g/mol. The van der Waals surface area contributed by atoms with Gasteiger partial charge in [0.05, 0.1) is 6.04 Å². The largest absolute Gasteiger partial charge is 0.324 e. The van der Waals surface area contributed by atoms with Crippen molar-refractivity contribution in [3.05, 3.63) is 29.6 Å². The predicted molar refractivity (Wildman–Crippen MR) is 62.7 cm³/mol. The van der Waals surface area contributed by atoms with Gasteiger partial charge in [0.1, 0.15) is 5.82 Å². The molecule has 0 aromatic heterocycles. The van der Waals surface area contributed by atoms with E-state index in [9.17, 15) is 9.18 Å². The molecule has 0 aliphatic rings. The van der Waals surface area contributed by atoms with Crippen molar-refractivity contribution in [3.63, 3.8) is 0 Å². The quantitative estimate of drug-likeness (QED) is 0.823. The van der Waals surface area contributed by atoms with Crippen LogP contribution in [0.15, 0.2) is 18.2 Å². The van der Waals surface area contributed by atoms with Crippen LogP contribution in [-0.4, -0.2) is 11.9 Å². The van der Waals surface area contributed by atoms with E-state index in [2.05, 4.69) is 5.32 Å². The SMILES string of the molecule is CCC[C@H](N)C(=O)Nc1cccc(F)c1C. The van der Waals surface area contributed by atoms with Gasteiger partial charge in [-0.1, -0.05) is 19.4 Å². The van der Waals surface area contributed by atoms with E-state index in [0.29, 0.717) is 17.7 Å². The van der Waals surface area contributed by atoms with Crippen LogP contribution in [0, 0.1) is 12.7 Å². The van der Waals surface area contributed by atoms with E-state index in [-0.39, 0.29) is 11.7 Å². The van der Waals surface area contributed by atoms with Gasteiger partial charge in [0.25, 0.3) is 0 Å². The summed E-state index contributed by atoms with van der Waals surface area (Å²) in [6.45, 7) is 3.58. The van der Waals surface area contributed by atoms with Gasteiger partial charge >= 0.3 is 0 Å². The first-order valence-electron chi connectivity index (χ1n) is 5.37. The lowest BCUT2D eigenvalue weighted by Crippen LogP contribution is -2.35. The van der Waals surface area contributed by atoms with Crippen molar-refractivity contribution in [2.45, 2.75) is 32.7 Å². The van der Waals surface area contributed by atoms with Crippen LogP contribution in [0.1, 0.15) is 25.3 Å². The molecule has 1 aromatic rings. The highest BCUT2D eigenvalue weighted by molar-refractivity contribution is 5.95. The molecule has 0 spiro atoms. The van der Waals surface area contributed by atoms with Gasteiger partial charge in [0, 0.05) is 11.3 Å². The zero-order valence-electron chi connectivity index (χ0n) is 9.59. The first-order chi connectivity index (χ1) is 7.56. The summed E-state index contributed by atoms with van der Waals surface area (Å²) in [6.07, 6.45) is 1.47. The van der Waals surface area contributed by atoms with Crippen LogP contribution in [0.3, 0.4) is 0 Å². The molecule has 0 unspecified atom stereocenters. The number of hydrogen-bond donors (Lipinski definition) is 2. The summed E-state index contributed by atoms with van der Waals surface area (Å²) in [4.78, 5) is 11.6. The maximum atomic E-state index is 13.2. The summed E-state index contributed by atoms with van der Waals surface area (Å²) in [5.41, 5.74) is 6.57. The van der Waals surface area contributed by atoms with Crippen molar-refractivity contribution >= 4 is 11.6 Å². The average molecular weight is 224 g/mol. The van der Waals surface area contributed by atoms with Gasteiger partial charge in [0.15, 0.2) is 0 Å². The molecule has 0 radical (unpaired) electrons. The van der Waals surface area contributed by atoms with Crippen molar-refractivity contribution in [2.24, 2.45) is 5.73 Å². The molecule has 1 rings (SSSR count). The Morgan fingerprint density at radius 1 is 1.56 bits per heavy atom. The molecular formula is C12H17FN2O. The number of carbonyl (C=O) groups is 1. The van der Waals surface area contributed by atoms with Crippen LogP contribution in [0.5, 0.6) is 0 Å². The molecule has 0 aliphatic heterocycles. The van der Waals surface area contributed by atoms with E-state index in [1.54, 1.807) is 19.1 Å². The van der Waals surface area contributed by atoms with Gasteiger partial charge in [-0.25, -0.2) is 4.39 Å². The van der Waals surface area contributed by atoms with E-state index in [1.165, 1.54) is 6.07 Å². The lowest BCUT2D eigenvalue weighted by atomic mass is 10.1. The molecule has 88 valence electrons. The first-order valence-corrected chi connectivity index (χ1v) is 5.37. The number of anilines is 1. The molecule has 16 heavy (non-hydrogen) atoms.